The van der Waals surface area contributed by atoms with Gasteiger partial charge < -0.3 is 8.94 Å². The smallest absolute Gasteiger partial charge is 0.238 e. The molecule has 5 nitrogen and oxygen atoms in total. The van der Waals surface area contributed by atoms with Crippen LogP contribution in [0.2, 0.25) is 0 Å². The van der Waals surface area contributed by atoms with Crippen molar-refractivity contribution in [2.24, 2.45) is 5.92 Å². The SMILES string of the molecule is O=C1CCCCC1Cc1nc(-c2ccco2)no1. The summed E-state index contributed by atoms with van der Waals surface area (Å²) in [4.78, 5) is 16.0. The van der Waals surface area contributed by atoms with Gasteiger partial charge in [-0.05, 0) is 25.0 Å². The van der Waals surface area contributed by atoms with Crippen LogP contribution >= 0.6 is 0 Å². The third-order valence-corrected chi connectivity index (χ3v) is 3.31. The first kappa shape index (κ1) is 11.2. The molecule has 0 aromatic carbocycles. The van der Waals surface area contributed by atoms with E-state index in [1.165, 1.54) is 0 Å². The van der Waals surface area contributed by atoms with Crippen LogP contribution < -0.4 is 0 Å². The largest absolute Gasteiger partial charge is 0.461 e. The Bertz CT molecular complexity index is 530. The Labute approximate surface area is 104 Å². The predicted octanol–water partition coefficient (Wildman–Crippen LogP) is 2.63. The van der Waals surface area contributed by atoms with E-state index in [-0.39, 0.29) is 5.92 Å². The van der Waals surface area contributed by atoms with Gasteiger partial charge in [-0.1, -0.05) is 11.6 Å². The summed E-state index contributed by atoms with van der Waals surface area (Å²) in [5.74, 6) is 1.91. The van der Waals surface area contributed by atoms with Gasteiger partial charge in [-0.15, -0.1) is 0 Å². The molecule has 3 rings (SSSR count). The van der Waals surface area contributed by atoms with E-state index < -0.39 is 0 Å². The van der Waals surface area contributed by atoms with Crippen molar-refractivity contribution >= 4 is 5.78 Å². The molecule has 0 radical (unpaired) electrons. The van der Waals surface area contributed by atoms with Gasteiger partial charge >= 0.3 is 0 Å². The van der Waals surface area contributed by atoms with Gasteiger partial charge in [-0.2, -0.15) is 4.98 Å². The fraction of sp³-hybridized carbons (Fsp3) is 0.462. The minimum Gasteiger partial charge on any atom is -0.461 e. The summed E-state index contributed by atoms with van der Waals surface area (Å²) >= 11 is 0. The molecule has 1 unspecified atom stereocenters. The van der Waals surface area contributed by atoms with Crippen LogP contribution in [0, 0.1) is 5.92 Å². The van der Waals surface area contributed by atoms with Gasteiger partial charge in [0.25, 0.3) is 0 Å². The van der Waals surface area contributed by atoms with Crippen molar-refractivity contribution < 1.29 is 13.7 Å². The lowest BCUT2D eigenvalue weighted by atomic mass is 9.86. The monoisotopic (exact) mass is 246 g/mol. The zero-order valence-corrected chi connectivity index (χ0v) is 9.96. The summed E-state index contributed by atoms with van der Waals surface area (Å²) in [5, 5.41) is 3.86. The number of nitrogens with zero attached hydrogens (tertiary/aromatic N) is 2. The fourth-order valence-electron chi connectivity index (χ4n) is 2.33. The number of hydrogen-bond donors (Lipinski definition) is 0. The maximum absolute atomic E-state index is 11.7. The second-order valence-corrected chi connectivity index (χ2v) is 4.60. The zero-order valence-electron chi connectivity index (χ0n) is 9.96. The highest BCUT2D eigenvalue weighted by atomic mass is 16.5. The molecular weight excluding hydrogens is 232 g/mol. The molecule has 0 bridgehead atoms. The van der Waals surface area contributed by atoms with Gasteiger partial charge in [0.2, 0.25) is 11.7 Å². The number of hydrogen-bond acceptors (Lipinski definition) is 5. The van der Waals surface area contributed by atoms with Crippen LogP contribution in [0.5, 0.6) is 0 Å². The highest BCUT2D eigenvalue weighted by Crippen LogP contribution is 2.24. The van der Waals surface area contributed by atoms with E-state index in [0.717, 1.165) is 19.3 Å². The van der Waals surface area contributed by atoms with Crippen molar-refractivity contribution in [3.8, 4) is 11.6 Å². The first-order chi connectivity index (χ1) is 8.83. The molecule has 2 aromatic rings. The Balaban J connectivity index is 1.72. The zero-order chi connectivity index (χ0) is 12.4. The molecule has 0 saturated heterocycles. The summed E-state index contributed by atoms with van der Waals surface area (Å²) in [7, 11) is 0. The topological polar surface area (TPSA) is 69.1 Å². The lowest BCUT2D eigenvalue weighted by Crippen LogP contribution is -2.21. The van der Waals surface area contributed by atoms with Crippen LogP contribution in [0.3, 0.4) is 0 Å². The number of furan rings is 1. The van der Waals surface area contributed by atoms with E-state index in [9.17, 15) is 4.79 Å². The van der Waals surface area contributed by atoms with E-state index in [2.05, 4.69) is 10.1 Å². The average molecular weight is 246 g/mol. The predicted molar refractivity (Wildman–Crippen MR) is 62.7 cm³/mol. The molecule has 1 fully saturated rings. The number of carbonyl (C=O) groups excluding carboxylic acids is 1. The molecule has 0 amide bonds. The number of ketones is 1. The van der Waals surface area contributed by atoms with Gasteiger partial charge in [-0.25, -0.2) is 0 Å². The molecule has 1 aliphatic carbocycles. The van der Waals surface area contributed by atoms with Crippen LogP contribution in [0.15, 0.2) is 27.3 Å². The maximum atomic E-state index is 11.7. The molecule has 94 valence electrons. The van der Waals surface area contributed by atoms with Crippen LogP contribution in [-0.4, -0.2) is 15.9 Å². The molecule has 0 aliphatic heterocycles. The summed E-state index contributed by atoms with van der Waals surface area (Å²) in [6.07, 6.45) is 5.84. The molecule has 1 saturated carbocycles. The van der Waals surface area contributed by atoms with Crippen molar-refractivity contribution in [2.75, 3.05) is 0 Å². The van der Waals surface area contributed by atoms with Crippen LogP contribution in [-0.2, 0) is 11.2 Å². The summed E-state index contributed by atoms with van der Waals surface area (Å²) in [6.45, 7) is 0. The molecule has 18 heavy (non-hydrogen) atoms. The van der Waals surface area contributed by atoms with Gasteiger partial charge in [0.1, 0.15) is 5.78 Å². The molecule has 1 aliphatic rings. The van der Waals surface area contributed by atoms with Crippen molar-refractivity contribution in [1.82, 2.24) is 10.1 Å². The molecule has 0 N–H and O–H groups in total. The first-order valence-corrected chi connectivity index (χ1v) is 6.22. The van der Waals surface area contributed by atoms with E-state index in [1.807, 2.05) is 0 Å². The minimum atomic E-state index is 0.0450. The molecule has 2 aromatic heterocycles. The summed E-state index contributed by atoms with van der Waals surface area (Å²) in [6, 6.07) is 3.55. The van der Waals surface area contributed by atoms with Crippen molar-refractivity contribution in [3.05, 3.63) is 24.3 Å². The highest BCUT2D eigenvalue weighted by molar-refractivity contribution is 5.81. The molecule has 1 atom stereocenters. The molecule has 5 heteroatoms. The molecular formula is C13H14N2O3. The average Bonchev–Trinajstić information content (AvgIpc) is 3.02. The second kappa shape index (κ2) is 4.76. The van der Waals surface area contributed by atoms with E-state index >= 15 is 0 Å². The van der Waals surface area contributed by atoms with E-state index in [4.69, 9.17) is 8.94 Å². The Morgan fingerprint density at radius 2 is 2.33 bits per heavy atom. The molecule has 0 spiro atoms. The number of carbonyl (C=O) groups is 1. The second-order valence-electron chi connectivity index (χ2n) is 4.60. The Hall–Kier alpha value is -1.91. The number of Topliss-reactive ketones (excluding diaryl/α,β-unsaturated/α-hetero) is 1. The fourth-order valence-corrected chi connectivity index (χ4v) is 2.33. The third kappa shape index (κ3) is 2.20. The van der Waals surface area contributed by atoms with Gasteiger partial charge in [0.15, 0.2) is 5.76 Å². The maximum Gasteiger partial charge on any atom is 0.238 e. The van der Waals surface area contributed by atoms with E-state index in [1.54, 1.807) is 18.4 Å². The quantitative estimate of drug-likeness (QED) is 0.832. The van der Waals surface area contributed by atoms with Crippen molar-refractivity contribution in [3.63, 3.8) is 0 Å². The highest BCUT2D eigenvalue weighted by Gasteiger charge is 2.25. The third-order valence-electron chi connectivity index (χ3n) is 3.31. The van der Waals surface area contributed by atoms with Gasteiger partial charge in [0, 0.05) is 18.8 Å². The van der Waals surface area contributed by atoms with Crippen LogP contribution in [0.25, 0.3) is 11.6 Å². The minimum absolute atomic E-state index is 0.0450. The number of rotatable bonds is 3. The van der Waals surface area contributed by atoms with Gasteiger partial charge in [0.05, 0.1) is 6.26 Å². The van der Waals surface area contributed by atoms with Crippen LogP contribution in [0.1, 0.15) is 31.6 Å². The molecule has 2 heterocycles. The number of aromatic nitrogens is 2. The Morgan fingerprint density at radius 3 is 3.11 bits per heavy atom. The van der Waals surface area contributed by atoms with Gasteiger partial charge in [-0.3, -0.25) is 4.79 Å². The Kier molecular flexibility index (Phi) is 2.96. The lowest BCUT2D eigenvalue weighted by Gasteiger charge is -2.18. The van der Waals surface area contributed by atoms with Crippen LogP contribution in [0.4, 0.5) is 0 Å². The van der Waals surface area contributed by atoms with Crippen molar-refractivity contribution in [1.29, 1.82) is 0 Å². The summed E-state index contributed by atoms with van der Waals surface area (Å²) in [5.41, 5.74) is 0. The standard InChI is InChI=1S/C13H14N2O3/c16-10-5-2-1-4-9(10)8-12-14-13(15-18-12)11-6-3-7-17-11/h3,6-7,9H,1-2,4-5,8H2. The lowest BCUT2D eigenvalue weighted by molar-refractivity contribution is -0.124. The normalized spacial score (nSPS) is 20.2. The summed E-state index contributed by atoms with van der Waals surface area (Å²) < 4.78 is 10.4. The van der Waals surface area contributed by atoms with Crippen molar-refractivity contribution in [2.45, 2.75) is 32.1 Å². The first-order valence-electron chi connectivity index (χ1n) is 6.22. The Morgan fingerprint density at radius 1 is 1.39 bits per heavy atom. The van der Waals surface area contributed by atoms with E-state index in [0.29, 0.717) is 36.1 Å².